The fourth-order valence-corrected chi connectivity index (χ4v) is 4.64. The minimum atomic E-state index is -4.57. The molecule has 0 aliphatic rings. The van der Waals surface area contributed by atoms with Gasteiger partial charge in [0.1, 0.15) is 10.1 Å². The van der Waals surface area contributed by atoms with Gasteiger partial charge in [0.05, 0.1) is 4.90 Å². The lowest BCUT2D eigenvalue weighted by Gasteiger charge is -2.19. The minimum absolute atomic E-state index is 0.221. The van der Waals surface area contributed by atoms with Gasteiger partial charge >= 0.3 is 0 Å². The Bertz CT molecular complexity index is 1490. The summed E-state index contributed by atoms with van der Waals surface area (Å²) in [5, 5.41) is 3.74. The van der Waals surface area contributed by atoms with Crippen molar-refractivity contribution in [1.29, 1.82) is 0 Å². The van der Waals surface area contributed by atoms with Gasteiger partial charge in [0.15, 0.2) is 0 Å². The van der Waals surface area contributed by atoms with Crippen LogP contribution in [0.3, 0.4) is 0 Å². The summed E-state index contributed by atoms with van der Waals surface area (Å²) >= 11 is 0. The summed E-state index contributed by atoms with van der Waals surface area (Å²) in [7, 11) is -4.57. The van der Waals surface area contributed by atoms with Crippen LogP contribution < -0.4 is 0 Å². The normalized spacial score (nSPS) is 11.8. The van der Waals surface area contributed by atoms with Crippen LogP contribution in [0.4, 0.5) is 0 Å². The average molecular weight is 409 g/mol. The van der Waals surface area contributed by atoms with Crippen LogP contribution in [0, 0.1) is 0 Å². The molecule has 0 spiro atoms. The molecule has 0 saturated heterocycles. The first-order chi connectivity index (χ1) is 14.5. The van der Waals surface area contributed by atoms with Crippen molar-refractivity contribution >= 4 is 31.7 Å². The van der Waals surface area contributed by atoms with Crippen molar-refractivity contribution in [1.82, 2.24) is 0 Å². The number of fused-ring (bicyclic) bond motifs is 2. The van der Waals surface area contributed by atoms with Crippen LogP contribution in [0.5, 0.6) is 0 Å². The summed E-state index contributed by atoms with van der Waals surface area (Å²) in [5.41, 5.74) is 3.96. The van der Waals surface area contributed by atoms with Crippen molar-refractivity contribution < 1.29 is 13.0 Å². The Morgan fingerprint density at radius 2 is 0.933 bits per heavy atom. The highest BCUT2D eigenvalue weighted by Crippen LogP contribution is 2.44. The fraction of sp³-hybridized carbons (Fsp3) is 0. The van der Waals surface area contributed by atoms with Crippen LogP contribution in [-0.4, -0.2) is 13.0 Å². The second-order valence-corrected chi connectivity index (χ2v) is 8.57. The van der Waals surface area contributed by atoms with Gasteiger partial charge in [-0.3, -0.25) is 0 Å². The summed E-state index contributed by atoms with van der Waals surface area (Å²) in [6, 6.07) is 32.7. The van der Waals surface area contributed by atoms with Gasteiger partial charge in [-0.05, 0) is 55.9 Å². The molecule has 0 atom stereocenters. The molecule has 5 aromatic carbocycles. The van der Waals surface area contributed by atoms with Gasteiger partial charge in [0, 0.05) is 0 Å². The van der Waals surface area contributed by atoms with Gasteiger partial charge in [0.2, 0.25) is 0 Å². The van der Waals surface area contributed by atoms with Gasteiger partial charge in [-0.15, -0.1) is 0 Å². The molecule has 5 aromatic rings. The third kappa shape index (κ3) is 3.07. The van der Waals surface area contributed by atoms with E-state index in [9.17, 15) is 13.0 Å². The largest absolute Gasteiger partial charge is 0.744 e. The van der Waals surface area contributed by atoms with E-state index in [0.29, 0.717) is 0 Å². The molecular formula is C26H17O3S-. The quantitative estimate of drug-likeness (QED) is 0.262. The molecule has 4 heteroatoms. The minimum Gasteiger partial charge on any atom is -0.744 e. The molecular weight excluding hydrogens is 392 g/mol. The Hall–Kier alpha value is -3.47. The van der Waals surface area contributed by atoms with Crippen LogP contribution in [0.15, 0.2) is 108 Å². The maximum Gasteiger partial charge on any atom is 0.124 e. The van der Waals surface area contributed by atoms with E-state index < -0.39 is 10.1 Å². The zero-order valence-electron chi connectivity index (χ0n) is 15.9. The average Bonchev–Trinajstić information content (AvgIpc) is 2.77. The second-order valence-electron chi connectivity index (χ2n) is 7.19. The summed E-state index contributed by atoms with van der Waals surface area (Å²) in [6.45, 7) is 0. The Balaban J connectivity index is 2.04. The maximum atomic E-state index is 11.8. The van der Waals surface area contributed by atoms with Gasteiger partial charge in [0.25, 0.3) is 0 Å². The van der Waals surface area contributed by atoms with Crippen molar-refractivity contribution in [3.63, 3.8) is 0 Å². The lowest BCUT2D eigenvalue weighted by Crippen LogP contribution is -1.99. The van der Waals surface area contributed by atoms with E-state index in [4.69, 9.17) is 0 Å². The molecule has 30 heavy (non-hydrogen) atoms. The molecule has 146 valence electrons. The van der Waals surface area contributed by atoms with Crippen LogP contribution in [-0.2, 0) is 10.1 Å². The maximum absolute atomic E-state index is 11.8. The zero-order valence-corrected chi connectivity index (χ0v) is 16.8. The van der Waals surface area contributed by atoms with E-state index in [0.717, 1.165) is 43.8 Å². The highest BCUT2D eigenvalue weighted by molar-refractivity contribution is 7.85. The lowest BCUT2D eigenvalue weighted by molar-refractivity contribution is 0.463. The Morgan fingerprint density at radius 1 is 0.500 bits per heavy atom. The molecule has 3 nitrogen and oxygen atoms in total. The molecule has 0 unspecified atom stereocenters. The van der Waals surface area contributed by atoms with E-state index in [-0.39, 0.29) is 4.90 Å². The molecule has 0 fully saturated rings. The monoisotopic (exact) mass is 409 g/mol. The molecule has 0 N–H and O–H groups in total. The lowest BCUT2D eigenvalue weighted by atomic mass is 9.86. The predicted molar refractivity (Wildman–Crippen MR) is 120 cm³/mol. The van der Waals surface area contributed by atoms with E-state index in [2.05, 4.69) is 6.07 Å². The molecule has 0 amide bonds. The van der Waals surface area contributed by atoms with Crippen LogP contribution >= 0.6 is 0 Å². The van der Waals surface area contributed by atoms with Gasteiger partial charge in [-0.2, -0.15) is 0 Å². The summed E-state index contributed by atoms with van der Waals surface area (Å²) in [6.07, 6.45) is 0. The van der Waals surface area contributed by atoms with Crippen molar-refractivity contribution in [3.05, 3.63) is 103 Å². The van der Waals surface area contributed by atoms with E-state index in [1.807, 2.05) is 78.9 Å². The topological polar surface area (TPSA) is 57.2 Å². The highest BCUT2D eigenvalue weighted by Gasteiger charge is 2.17. The molecule has 0 aliphatic heterocycles. The van der Waals surface area contributed by atoms with Crippen LogP contribution in [0.2, 0.25) is 0 Å². The van der Waals surface area contributed by atoms with Gasteiger partial charge < -0.3 is 4.55 Å². The number of rotatable bonds is 3. The molecule has 0 radical (unpaired) electrons. The number of hydrogen-bond donors (Lipinski definition) is 0. The Kier molecular flexibility index (Phi) is 4.39. The summed E-state index contributed by atoms with van der Waals surface area (Å²) in [5.74, 6) is 0. The number of benzene rings is 5. The second kappa shape index (κ2) is 7.10. The highest BCUT2D eigenvalue weighted by atomic mass is 32.2. The van der Waals surface area contributed by atoms with Crippen LogP contribution in [0.1, 0.15) is 0 Å². The third-order valence-corrected chi connectivity index (χ3v) is 6.24. The number of hydrogen-bond acceptors (Lipinski definition) is 3. The third-order valence-electron chi connectivity index (χ3n) is 5.41. The molecule has 0 aromatic heterocycles. The van der Waals surface area contributed by atoms with Crippen molar-refractivity contribution in [2.24, 2.45) is 0 Å². The fourth-order valence-electron chi connectivity index (χ4n) is 4.14. The van der Waals surface area contributed by atoms with Crippen molar-refractivity contribution in [2.75, 3.05) is 0 Å². The SMILES string of the molecule is O=S(=O)([O-])c1ccc2c(-c3ccccc3)c3ccccc3c(-c3ccccc3)c2c1. The zero-order chi connectivity index (χ0) is 20.7. The first-order valence-corrected chi connectivity index (χ1v) is 11.0. The summed E-state index contributed by atoms with van der Waals surface area (Å²) < 4.78 is 35.4. The van der Waals surface area contributed by atoms with Crippen LogP contribution in [0.25, 0.3) is 43.8 Å². The first-order valence-electron chi connectivity index (χ1n) is 9.59. The standard InChI is InChI=1S/C26H18O3S/c27-30(28,29)20-15-16-23-24(17-20)26(19-11-5-2-6-12-19)22-14-8-7-13-21(22)25(23)18-9-3-1-4-10-18/h1-17H,(H,27,28,29)/p-1. The first kappa shape index (κ1) is 18.6. The molecule has 0 bridgehead atoms. The molecule has 0 aliphatic carbocycles. The summed E-state index contributed by atoms with van der Waals surface area (Å²) in [4.78, 5) is -0.221. The van der Waals surface area contributed by atoms with Crippen molar-refractivity contribution in [2.45, 2.75) is 4.90 Å². The van der Waals surface area contributed by atoms with E-state index >= 15 is 0 Å². The van der Waals surface area contributed by atoms with E-state index in [1.54, 1.807) is 6.07 Å². The van der Waals surface area contributed by atoms with Gasteiger partial charge in [-0.1, -0.05) is 91.0 Å². The molecule has 0 heterocycles. The Morgan fingerprint density at radius 3 is 1.43 bits per heavy atom. The Labute approximate surface area is 175 Å². The van der Waals surface area contributed by atoms with Crippen molar-refractivity contribution in [3.8, 4) is 22.3 Å². The predicted octanol–water partition coefficient (Wildman–Crippen LogP) is 6.23. The molecule has 5 rings (SSSR count). The van der Waals surface area contributed by atoms with E-state index in [1.165, 1.54) is 12.1 Å². The smallest absolute Gasteiger partial charge is 0.124 e. The molecule has 0 saturated carbocycles. The van der Waals surface area contributed by atoms with Gasteiger partial charge in [-0.25, -0.2) is 8.42 Å².